The summed E-state index contributed by atoms with van der Waals surface area (Å²) in [5.74, 6) is 1.77. The lowest BCUT2D eigenvalue weighted by Crippen LogP contribution is -2.48. The molecule has 0 atom stereocenters. The minimum Gasteiger partial charge on any atom is -0.497 e. The second-order valence-corrected chi connectivity index (χ2v) is 7.65. The molecular formula is C19H22N6O2S. The van der Waals surface area contributed by atoms with Crippen molar-refractivity contribution < 1.29 is 9.53 Å². The molecule has 0 aliphatic carbocycles. The molecule has 9 heteroatoms. The Morgan fingerprint density at radius 1 is 1.14 bits per heavy atom. The Morgan fingerprint density at radius 2 is 1.93 bits per heavy atom. The van der Waals surface area contributed by atoms with Gasteiger partial charge in [0.1, 0.15) is 5.75 Å². The van der Waals surface area contributed by atoms with E-state index in [1.165, 1.54) is 0 Å². The number of rotatable bonds is 6. The molecule has 1 aliphatic heterocycles. The molecule has 0 spiro atoms. The lowest BCUT2D eigenvalue weighted by Gasteiger charge is -2.34. The van der Waals surface area contributed by atoms with Crippen LogP contribution in [-0.4, -0.2) is 69.2 Å². The quantitative estimate of drug-likeness (QED) is 0.628. The molecule has 8 nitrogen and oxygen atoms in total. The van der Waals surface area contributed by atoms with Gasteiger partial charge in [0.05, 0.1) is 25.8 Å². The van der Waals surface area contributed by atoms with E-state index in [1.807, 2.05) is 46.7 Å². The Labute approximate surface area is 167 Å². The number of piperazine rings is 1. The van der Waals surface area contributed by atoms with Crippen LogP contribution in [0.2, 0.25) is 0 Å². The first-order valence-electron chi connectivity index (χ1n) is 9.17. The molecule has 3 aromatic rings. The molecule has 0 radical (unpaired) electrons. The number of hydrogen-bond acceptors (Lipinski definition) is 7. The fourth-order valence-electron chi connectivity index (χ4n) is 3.26. The van der Waals surface area contributed by atoms with Gasteiger partial charge in [-0.2, -0.15) is 4.68 Å². The molecule has 0 N–H and O–H groups in total. The average Bonchev–Trinajstić information content (AvgIpc) is 3.41. The van der Waals surface area contributed by atoms with Crippen LogP contribution in [0.4, 0.5) is 0 Å². The number of aromatic nitrogens is 4. The number of carbonyl (C=O) groups excluding carboxylic acids is 1. The monoisotopic (exact) mass is 398 g/mol. The SMILES string of the molecule is COc1ccc(-n2nnnc2CN2CCN(C(=O)Cc3cccs3)CC2)cc1. The second-order valence-electron chi connectivity index (χ2n) is 6.62. The number of carbonyl (C=O) groups is 1. The van der Waals surface area contributed by atoms with E-state index in [4.69, 9.17) is 4.74 Å². The first kappa shape index (κ1) is 18.6. The molecule has 0 saturated carbocycles. The maximum Gasteiger partial charge on any atom is 0.227 e. The molecule has 2 aromatic heterocycles. The first-order chi connectivity index (χ1) is 13.7. The van der Waals surface area contributed by atoms with Crippen molar-refractivity contribution in [3.63, 3.8) is 0 Å². The number of ether oxygens (including phenoxy) is 1. The molecule has 0 unspecified atom stereocenters. The van der Waals surface area contributed by atoms with Gasteiger partial charge in [0.2, 0.25) is 5.91 Å². The number of thiophene rings is 1. The molecule has 0 bridgehead atoms. The Kier molecular flexibility index (Phi) is 5.63. The Bertz CT molecular complexity index is 901. The van der Waals surface area contributed by atoms with Gasteiger partial charge in [0, 0.05) is 31.1 Å². The van der Waals surface area contributed by atoms with E-state index in [0.717, 1.165) is 48.3 Å². The highest BCUT2D eigenvalue weighted by Gasteiger charge is 2.23. The summed E-state index contributed by atoms with van der Waals surface area (Å²) in [5.41, 5.74) is 0.894. The van der Waals surface area contributed by atoms with Crippen LogP contribution in [0.3, 0.4) is 0 Å². The summed E-state index contributed by atoms with van der Waals surface area (Å²) < 4.78 is 6.94. The van der Waals surface area contributed by atoms with E-state index in [2.05, 4.69) is 20.4 Å². The van der Waals surface area contributed by atoms with Crippen LogP contribution in [-0.2, 0) is 17.8 Å². The van der Waals surface area contributed by atoms with Gasteiger partial charge in [0.25, 0.3) is 0 Å². The van der Waals surface area contributed by atoms with Crippen molar-refractivity contribution in [2.45, 2.75) is 13.0 Å². The third-order valence-corrected chi connectivity index (χ3v) is 5.72. The zero-order valence-corrected chi connectivity index (χ0v) is 16.5. The average molecular weight is 398 g/mol. The molecule has 1 aromatic carbocycles. The zero-order chi connectivity index (χ0) is 19.3. The van der Waals surface area contributed by atoms with Crippen LogP contribution in [0.15, 0.2) is 41.8 Å². The van der Waals surface area contributed by atoms with Gasteiger partial charge in [-0.3, -0.25) is 9.69 Å². The minimum absolute atomic E-state index is 0.199. The lowest BCUT2D eigenvalue weighted by molar-refractivity contribution is -0.132. The fourth-order valence-corrected chi connectivity index (χ4v) is 3.95. The summed E-state index contributed by atoms with van der Waals surface area (Å²) in [4.78, 5) is 17.8. The first-order valence-corrected chi connectivity index (χ1v) is 10.0. The smallest absolute Gasteiger partial charge is 0.227 e. The van der Waals surface area contributed by atoms with Crippen LogP contribution in [0.5, 0.6) is 5.75 Å². The van der Waals surface area contributed by atoms with Crippen LogP contribution in [0.25, 0.3) is 5.69 Å². The van der Waals surface area contributed by atoms with Gasteiger partial charge in [-0.25, -0.2) is 0 Å². The Balaban J connectivity index is 1.34. The van der Waals surface area contributed by atoms with Crippen LogP contribution < -0.4 is 4.74 Å². The van der Waals surface area contributed by atoms with E-state index in [-0.39, 0.29) is 5.91 Å². The van der Waals surface area contributed by atoms with Crippen molar-refractivity contribution in [3.05, 3.63) is 52.5 Å². The lowest BCUT2D eigenvalue weighted by atomic mass is 10.2. The normalized spacial score (nSPS) is 15.0. The van der Waals surface area contributed by atoms with E-state index >= 15 is 0 Å². The van der Waals surface area contributed by atoms with Gasteiger partial charge >= 0.3 is 0 Å². The summed E-state index contributed by atoms with van der Waals surface area (Å²) in [6.07, 6.45) is 0.493. The number of nitrogens with zero attached hydrogens (tertiary/aromatic N) is 6. The molecule has 1 amide bonds. The molecule has 1 aliphatic rings. The third kappa shape index (κ3) is 4.20. The van der Waals surface area contributed by atoms with Gasteiger partial charge in [-0.1, -0.05) is 6.07 Å². The number of benzene rings is 1. The summed E-state index contributed by atoms with van der Waals surface area (Å²) in [6.45, 7) is 3.73. The molecule has 146 valence electrons. The van der Waals surface area contributed by atoms with Crippen LogP contribution in [0, 0.1) is 0 Å². The second kappa shape index (κ2) is 8.49. The molecule has 28 heavy (non-hydrogen) atoms. The number of methoxy groups -OCH3 is 1. The summed E-state index contributed by atoms with van der Waals surface area (Å²) >= 11 is 1.63. The van der Waals surface area contributed by atoms with Crippen LogP contribution >= 0.6 is 11.3 Å². The van der Waals surface area contributed by atoms with E-state index in [9.17, 15) is 4.79 Å². The van der Waals surface area contributed by atoms with Crippen molar-refractivity contribution in [2.75, 3.05) is 33.3 Å². The highest BCUT2D eigenvalue weighted by molar-refractivity contribution is 7.10. The number of tetrazole rings is 1. The van der Waals surface area contributed by atoms with E-state index in [1.54, 1.807) is 23.1 Å². The zero-order valence-electron chi connectivity index (χ0n) is 15.7. The predicted molar refractivity (Wildman–Crippen MR) is 106 cm³/mol. The molecular weight excluding hydrogens is 376 g/mol. The topological polar surface area (TPSA) is 76.4 Å². The molecule has 1 fully saturated rings. The maximum atomic E-state index is 12.4. The fraction of sp³-hybridized carbons (Fsp3) is 0.368. The van der Waals surface area contributed by atoms with Gasteiger partial charge < -0.3 is 9.64 Å². The number of hydrogen-bond donors (Lipinski definition) is 0. The van der Waals surface area contributed by atoms with E-state index in [0.29, 0.717) is 13.0 Å². The third-order valence-electron chi connectivity index (χ3n) is 4.85. The molecule has 3 heterocycles. The summed E-state index contributed by atoms with van der Waals surface area (Å²) in [7, 11) is 1.64. The predicted octanol–water partition coefficient (Wildman–Crippen LogP) is 1.62. The standard InChI is InChI=1S/C19H22N6O2S/c1-27-16-6-4-15(5-7-16)25-18(20-21-22-25)14-23-8-10-24(11-9-23)19(26)13-17-3-2-12-28-17/h2-7,12H,8-11,13-14H2,1H3. The maximum absolute atomic E-state index is 12.4. The number of amides is 1. The highest BCUT2D eigenvalue weighted by Crippen LogP contribution is 2.16. The van der Waals surface area contributed by atoms with E-state index < -0.39 is 0 Å². The van der Waals surface area contributed by atoms with Gasteiger partial charge in [0.15, 0.2) is 5.82 Å². The van der Waals surface area contributed by atoms with Crippen molar-refractivity contribution in [1.82, 2.24) is 30.0 Å². The van der Waals surface area contributed by atoms with Crippen molar-refractivity contribution in [2.24, 2.45) is 0 Å². The summed E-state index contributed by atoms with van der Waals surface area (Å²) in [5, 5.41) is 14.1. The van der Waals surface area contributed by atoms with Crippen molar-refractivity contribution in [3.8, 4) is 11.4 Å². The molecule has 4 rings (SSSR count). The van der Waals surface area contributed by atoms with Crippen molar-refractivity contribution >= 4 is 17.2 Å². The molecule has 1 saturated heterocycles. The largest absolute Gasteiger partial charge is 0.497 e. The van der Waals surface area contributed by atoms with Gasteiger partial charge in [-0.05, 0) is 46.1 Å². The summed E-state index contributed by atoms with van der Waals surface area (Å²) in [6, 6.07) is 11.6. The highest BCUT2D eigenvalue weighted by atomic mass is 32.1. The van der Waals surface area contributed by atoms with Crippen LogP contribution in [0.1, 0.15) is 10.7 Å². The van der Waals surface area contributed by atoms with Crippen molar-refractivity contribution in [1.29, 1.82) is 0 Å². The Hall–Kier alpha value is -2.78. The Morgan fingerprint density at radius 3 is 2.61 bits per heavy atom. The minimum atomic E-state index is 0.199. The van der Waals surface area contributed by atoms with Gasteiger partial charge in [-0.15, -0.1) is 16.4 Å².